The summed E-state index contributed by atoms with van der Waals surface area (Å²) in [5.41, 5.74) is 1.64. The monoisotopic (exact) mass is 484 g/mol. The van der Waals surface area contributed by atoms with Gasteiger partial charge in [0.2, 0.25) is 5.78 Å². The van der Waals surface area contributed by atoms with Crippen LogP contribution in [-0.4, -0.2) is 43.6 Å². The third kappa shape index (κ3) is 3.66. The molecule has 1 aliphatic heterocycles. The molecule has 1 aliphatic rings. The number of ether oxygens (including phenoxy) is 2. The van der Waals surface area contributed by atoms with Crippen LogP contribution in [0.2, 0.25) is 0 Å². The molecule has 0 unspecified atom stereocenters. The van der Waals surface area contributed by atoms with E-state index in [1.807, 2.05) is 34.7 Å². The van der Waals surface area contributed by atoms with E-state index < -0.39 is 5.25 Å². The minimum Gasteiger partial charge on any atom is -0.468 e. The summed E-state index contributed by atoms with van der Waals surface area (Å²) in [5, 5.41) is 9.47. The quantitative estimate of drug-likeness (QED) is 0.314. The van der Waals surface area contributed by atoms with Crippen molar-refractivity contribution in [2.75, 3.05) is 7.11 Å². The lowest BCUT2D eigenvalue weighted by Crippen LogP contribution is -2.28. The van der Waals surface area contributed by atoms with Crippen LogP contribution in [0, 0.1) is 5.92 Å². The van der Waals surface area contributed by atoms with E-state index in [4.69, 9.17) is 9.47 Å². The summed E-state index contributed by atoms with van der Waals surface area (Å²) in [6.45, 7) is 6.51. The highest BCUT2D eigenvalue weighted by molar-refractivity contribution is 8.00. The van der Waals surface area contributed by atoms with E-state index >= 15 is 0 Å². The summed E-state index contributed by atoms with van der Waals surface area (Å²) in [5.74, 6) is 0.413. The van der Waals surface area contributed by atoms with Gasteiger partial charge in [-0.3, -0.25) is 9.59 Å². The molecule has 0 saturated carbocycles. The molecular weight excluding hydrogens is 460 g/mol. The van der Waals surface area contributed by atoms with Crippen molar-refractivity contribution in [1.29, 1.82) is 0 Å². The highest BCUT2D eigenvalue weighted by Crippen LogP contribution is 2.38. The number of benzene rings is 1. The van der Waals surface area contributed by atoms with Crippen LogP contribution in [-0.2, 0) is 27.3 Å². The zero-order valence-electron chi connectivity index (χ0n) is 18.8. The number of para-hydroxylation sites is 1. The molecule has 0 amide bonds. The van der Waals surface area contributed by atoms with Crippen LogP contribution in [0.5, 0.6) is 0 Å². The molecule has 4 aromatic rings. The maximum Gasteiger partial charge on any atom is 0.318 e. The number of aromatic nitrogens is 4. The van der Waals surface area contributed by atoms with Crippen molar-refractivity contribution in [3.8, 4) is 5.69 Å². The lowest BCUT2D eigenvalue weighted by atomic mass is 9.96. The molecule has 0 aliphatic carbocycles. The van der Waals surface area contributed by atoms with Crippen LogP contribution in [0.4, 0.5) is 0 Å². The SMILES string of the molecule is COC(=O)[C@@H](C)Sc1nnc2n(-c3ccccc3)c(=O)c3c4c(sc3n12)CO[C@H](C(C)C)C4. The van der Waals surface area contributed by atoms with Gasteiger partial charge in [-0.05, 0) is 30.5 Å². The van der Waals surface area contributed by atoms with Gasteiger partial charge in [0, 0.05) is 11.3 Å². The van der Waals surface area contributed by atoms with Gasteiger partial charge in [-0.1, -0.05) is 43.8 Å². The van der Waals surface area contributed by atoms with E-state index in [1.165, 1.54) is 30.2 Å². The number of rotatable bonds is 5. The first-order valence-electron chi connectivity index (χ1n) is 10.8. The second kappa shape index (κ2) is 8.58. The number of carbonyl (C=O) groups is 1. The van der Waals surface area contributed by atoms with Gasteiger partial charge >= 0.3 is 5.97 Å². The van der Waals surface area contributed by atoms with Crippen LogP contribution >= 0.6 is 23.1 Å². The van der Waals surface area contributed by atoms with Crippen LogP contribution in [0.15, 0.2) is 40.3 Å². The normalized spacial score (nSPS) is 16.9. The Hall–Kier alpha value is -2.69. The first-order chi connectivity index (χ1) is 15.9. The van der Waals surface area contributed by atoms with Crippen molar-refractivity contribution in [1.82, 2.24) is 19.2 Å². The Labute approximate surface area is 198 Å². The van der Waals surface area contributed by atoms with Crippen molar-refractivity contribution in [3.05, 3.63) is 51.1 Å². The molecular formula is C23H24N4O4S2. The van der Waals surface area contributed by atoms with Crippen molar-refractivity contribution >= 4 is 45.1 Å². The predicted octanol–water partition coefficient (Wildman–Crippen LogP) is 3.85. The van der Waals surface area contributed by atoms with Crippen molar-refractivity contribution in [2.45, 2.75) is 50.3 Å². The summed E-state index contributed by atoms with van der Waals surface area (Å²) >= 11 is 2.80. The average Bonchev–Trinajstić information content (AvgIpc) is 3.40. The largest absolute Gasteiger partial charge is 0.468 e. The molecule has 0 saturated heterocycles. The highest BCUT2D eigenvalue weighted by Gasteiger charge is 2.30. The Morgan fingerprint density at radius 1 is 1.24 bits per heavy atom. The molecule has 5 rings (SSSR count). The Bertz CT molecular complexity index is 1410. The van der Waals surface area contributed by atoms with E-state index in [2.05, 4.69) is 24.0 Å². The van der Waals surface area contributed by atoms with Gasteiger partial charge in [0.05, 0.1) is 30.9 Å². The lowest BCUT2D eigenvalue weighted by Gasteiger charge is -2.26. The minimum absolute atomic E-state index is 0.0599. The van der Waals surface area contributed by atoms with Crippen LogP contribution in [0.1, 0.15) is 31.2 Å². The fraction of sp³-hybridized carbons (Fsp3) is 0.391. The van der Waals surface area contributed by atoms with Crippen LogP contribution in [0.3, 0.4) is 0 Å². The van der Waals surface area contributed by atoms with Gasteiger partial charge in [-0.2, -0.15) is 0 Å². The molecule has 0 radical (unpaired) electrons. The van der Waals surface area contributed by atoms with E-state index in [1.54, 1.807) is 11.5 Å². The number of nitrogens with zero attached hydrogens (tertiary/aromatic N) is 4. The number of thioether (sulfide) groups is 1. The number of thiophene rings is 1. The Balaban J connectivity index is 1.81. The second-order valence-electron chi connectivity index (χ2n) is 8.36. The second-order valence-corrected chi connectivity index (χ2v) is 10.8. The number of methoxy groups -OCH3 is 1. The average molecular weight is 485 g/mol. The Morgan fingerprint density at radius 3 is 2.70 bits per heavy atom. The predicted molar refractivity (Wildman–Crippen MR) is 128 cm³/mol. The summed E-state index contributed by atoms with van der Waals surface area (Å²) in [4.78, 5) is 27.8. The van der Waals surface area contributed by atoms with Gasteiger partial charge in [0.1, 0.15) is 10.1 Å². The number of carbonyl (C=O) groups excluding carboxylic acids is 1. The third-order valence-corrected chi connectivity index (χ3v) is 8.13. The van der Waals surface area contributed by atoms with E-state index in [9.17, 15) is 9.59 Å². The standard InChI is InChI=1S/C23H24N4O4S2/c1-12(2)16-10-15-17(11-31-16)33-20-18(15)19(28)26(14-8-6-5-7-9-14)22-24-25-23(27(20)22)32-13(3)21(29)30-4/h5-9,12-13,16H,10-11H2,1-4H3/t13-,16+/m1/s1. The molecule has 0 N–H and O–H groups in total. The number of hydrogen-bond donors (Lipinski definition) is 0. The van der Waals surface area contributed by atoms with Crippen molar-refractivity contribution in [2.24, 2.45) is 5.92 Å². The summed E-state index contributed by atoms with van der Waals surface area (Å²) in [6, 6.07) is 9.44. The molecule has 3 aromatic heterocycles. The maximum absolute atomic E-state index is 13.9. The van der Waals surface area contributed by atoms with E-state index in [-0.39, 0.29) is 17.6 Å². The molecule has 33 heavy (non-hydrogen) atoms. The highest BCUT2D eigenvalue weighted by atomic mass is 32.2. The summed E-state index contributed by atoms with van der Waals surface area (Å²) in [7, 11) is 1.37. The molecule has 2 atom stereocenters. The smallest absolute Gasteiger partial charge is 0.318 e. The number of hydrogen-bond acceptors (Lipinski definition) is 8. The van der Waals surface area contributed by atoms with Crippen LogP contribution < -0.4 is 5.56 Å². The topological polar surface area (TPSA) is 87.7 Å². The van der Waals surface area contributed by atoms with Gasteiger partial charge in [0.25, 0.3) is 5.56 Å². The van der Waals surface area contributed by atoms with E-state index in [0.29, 0.717) is 41.0 Å². The maximum atomic E-state index is 13.9. The number of fused-ring (bicyclic) bond motifs is 5. The molecule has 0 spiro atoms. The lowest BCUT2D eigenvalue weighted by molar-refractivity contribution is -0.139. The Kier molecular flexibility index (Phi) is 5.75. The molecule has 0 bridgehead atoms. The zero-order chi connectivity index (χ0) is 23.3. The Morgan fingerprint density at radius 2 is 2.00 bits per heavy atom. The fourth-order valence-electron chi connectivity index (χ4n) is 4.13. The molecule has 0 fully saturated rings. The van der Waals surface area contributed by atoms with Gasteiger partial charge in [0.15, 0.2) is 5.16 Å². The minimum atomic E-state index is -0.474. The molecule has 172 valence electrons. The van der Waals surface area contributed by atoms with E-state index in [0.717, 1.165) is 15.3 Å². The zero-order valence-corrected chi connectivity index (χ0v) is 20.4. The molecule has 1 aromatic carbocycles. The van der Waals surface area contributed by atoms with Crippen LogP contribution in [0.25, 0.3) is 21.7 Å². The molecule has 4 heterocycles. The van der Waals surface area contributed by atoms with Gasteiger partial charge in [-0.15, -0.1) is 21.5 Å². The fourth-order valence-corrected chi connectivity index (χ4v) is 6.30. The van der Waals surface area contributed by atoms with Gasteiger partial charge < -0.3 is 9.47 Å². The van der Waals surface area contributed by atoms with Crippen molar-refractivity contribution in [3.63, 3.8) is 0 Å². The molecule has 8 nitrogen and oxygen atoms in total. The first-order valence-corrected chi connectivity index (χ1v) is 12.5. The number of esters is 1. The van der Waals surface area contributed by atoms with Gasteiger partial charge in [-0.25, -0.2) is 8.97 Å². The summed E-state index contributed by atoms with van der Waals surface area (Å²) < 4.78 is 14.5. The third-order valence-electron chi connectivity index (χ3n) is 5.92. The summed E-state index contributed by atoms with van der Waals surface area (Å²) in [6.07, 6.45) is 0.746. The van der Waals surface area contributed by atoms with Crippen molar-refractivity contribution < 1.29 is 14.3 Å². The first kappa shape index (κ1) is 22.1. The molecule has 10 heteroatoms.